The Kier molecular flexibility index (Phi) is 2.40. The normalized spacial score (nSPS) is 28.7. The van der Waals surface area contributed by atoms with E-state index in [1.54, 1.807) is 0 Å². The number of pyridine rings is 1. The van der Waals surface area contributed by atoms with Gasteiger partial charge in [-0.25, -0.2) is 0 Å². The van der Waals surface area contributed by atoms with E-state index >= 15 is 0 Å². The molecule has 88 valence electrons. The molecule has 1 N–H and O–H groups in total. The second-order valence-corrected chi connectivity index (χ2v) is 5.37. The molecular weight excluding hydrogens is 210 g/mol. The number of aliphatic hydroxyl groups excluding tert-OH is 1. The van der Waals surface area contributed by atoms with E-state index in [2.05, 4.69) is 30.1 Å². The lowest BCUT2D eigenvalue weighted by Crippen LogP contribution is -2.19. The number of aromatic nitrogens is 1. The second-order valence-electron chi connectivity index (χ2n) is 5.37. The molecule has 3 rings (SSSR count). The Hall–Kier alpha value is -1.41. The van der Waals surface area contributed by atoms with Gasteiger partial charge in [0.15, 0.2) is 0 Å². The molecule has 2 unspecified atom stereocenters. The van der Waals surface area contributed by atoms with E-state index in [1.807, 2.05) is 18.5 Å². The van der Waals surface area contributed by atoms with Gasteiger partial charge in [-0.15, -0.1) is 0 Å². The summed E-state index contributed by atoms with van der Waals surface area (Å²) in [6, 6.07) is 8.36. The number of hydrogen-bond donors (Lipinski definition) is 1. The largest absolute Gasteiger partial charge is 0.393 e. The maximum atomic E-state index is 9.78. The molecule has 1 fully saturated rings. The quantitative estimate of drug-likeness (QED) is 0.812. The highest BCUT2D eigenvalue weighted by atomic mass is 16.3. The molecule has 1 saturated carbocycles. The number of hydrogen-bond acceptors (Lipinski definition) is 2. The van der Waals surface area contributed by atoms with Crippen molar-refractivity contribution in [3.8, 4) is 0 Å². The molecule has 2 aromatic rings. The lowest BCUT2D eigenvalue weighted by atomic mass is 9.79. The molecule has 1 aliphatic carbocycles. The third kappa shape index (κ3) is 1.73. The first-order valence-corrected chi connectivity index (χ1v) is 6.20. The van der Waals surface area contributed by atoms with Gasteiger partial charge in [0.25, 0.3) is 0 Å². The molecule has 0 radical (unpaired) electrons. The molecule has 0 bridgehead atoms. The van der Waals surface area contributed by atoms with Gasteiger partial charge in [-0.3, -0.25) is 4.98 Å². The summed E-state index contributed by atoms with van der Waals surface area (Å²) in [6.45, 7) is 2.24. The highest BCUT2D eigenvalue weighted by Gasteiger charge is 2.36. The Morgan fingerprint density at radius 2 is 2.12 bits per heavy atom. The van der Waals surface area contributed by atoms with Crippen LogP contribution in [-0.4, -0.2) is 16.2 Å². The zero-order valence-electron chi connectivity index (χ0n) is 10.1. The minimum absolute atomic E-state index is 0.0767. The minimum Gasteiger partial charge on any atom is -0.393 e. The van der Waals surface area contributed by atoms with Crippen molar-refractivity contribution in [1.29, 1.82) is 0 Å². The second kappa shape index (κ2) is 3.81. The van der Waals surface area contributed by atoms with Gasteiger partial charge in [-0.2, -0.15) is 0 Å². The van der Waals surface area contributed by atoms with Crippen molar-refractivity contribution < 1.29 is 5.11 Å². The van der Waals surface area contributed by atoms with Crippen LogP contribution < -0.4 is 0 Å². The molecule has 1 heterocycles. The summed E-state index contributed by atoms with van der Waals surface area (Å²) in [5.41, 5.74) is 1.36. The summed E-state index contributed by atoms with van der Waals surface area (Å²) in [5, 5.41) is 12.2. The van der Waals surface area contributed by atoms with Crippen molar-refractivity contribution in [3.05, 3.63) is 42.2 Å². The van der Waals surface area contributed by atoms with E-state index in [9.17, 15) is 5.11 Å². The standard InChI is InChI=1S/C15H17NO/c1-15(7-6-12(17)8-15)14-10-16-9-11-4-2-3-5-13(11)14/h2-5,9-10,12,17H,6-8H2,1H3. The predicted octanol–water partition coefficient (Wildman–Crippen LogP) is 3.04. The van der Waals surface area contributed by atoms with Gasteiger partial charge in [0.1, 0.15) is 0 Å². The van der Waals surface area contributed by atoms with E-state index < -0.39 is 0 Å². The van der Waals surface area contributed by atoms with Crippen LogP contribution >= 0.6 is 0 Å². The Morgan fingerprint density at radius 1 is 1.29 bits per heavy atom. The van der Waals surface area contributed by atoms with Crippen LogP contribution in [-0.2, 0) is 5.41 Å². The first-order chi connectivity index (χ1) is 8.19. The van der Waals surface area contributed by atoms with E-state index in [0.717, 1.165) is 19.3 Å². The van der Waals surface area contributed by atoms with Gasteiger partial charge in [0.05, 0.1) is 6.10 Å². The lowest BCUT2D eigenvalue weighted by Gasteiger charge is -2.25. The van der Waals surface area contributed by atoms with Crippen LogP contribution in [0.15, 0.2) is 36.7 Å². The van der Waals surface area contributed by atoms with Crippen molar-refractivity contribution in [2.75, 3.05) is 0 Å². The average Bonchev–Trinajstić information content (AvgIpc) is 2.70. The number of aliphatic hydroxyl groups is 1. The molecule has 17 heavy (non-hydrogen) atoms. The van der Waals surface area contributed by atoms with E-state index in [1.165, 1.54) is 16.3 Å². The third-order valence-electron chi connectivity index (χ3n) is 4.03. The van der Waals surface area contributed by atoms with Gasteiger partial charge < -0.3 is 5.11 Å². The fraction of sp³-hybridized carbons (Fsp3) is 0.400. The third-order valence-corrected chi connectivity index (χ3v) is 4.03. The van der Waals surface area contributed by atoms with Crippen LogP contribution in [0, 0.1) is 0 Å². The number of nitrogens with zero attached hydrogens (tertiary/aromatic N) is 1. The number of fused-ring (bicyclic) bond motifs is 1. The highest BCUT2D eigenvalue weighted by molar-refractivity contribution is 5.85. The van der Waals surface area contributed by atoms with Crippen LogP contribution in [0.4, 0.5) is 0 Å². The fourth-order valence-electron chi connectivity index (χ4n) is 3.05. The van der Waals surface area contributed by atoms with Gasteiger partial charge >= 0.3 is 0 Å². The van der Waals surface area contributed by atoms with E-state index in [4.69, 9.17) is 0 Å². The minimum atomic E-state index is -0.154. The van der Waals surface area contributed by atoms with Gasteiger partial charge in [-0.1, -0.05) is 31.2 Å². The Bertz CT molecular complexity index is 546. The first kappa shape index (κ1) is 10.7. The maximum absolute atomic E-state index is 9.78. The smallest absolute Gasteiger partial charge is 0.0549 e. The molecule has 0 saturated heterocycles. The molecule has 2 nitrogen and oxygen atoms in total. The van der Waals surface area contributed by atoms with Crippen molar-refractivity contribution in [2.24, 2.45) is 0 Å². The van der Waals surface area contributed by atoms with Gasteiger partial charge in [0.2, 0.25) is 0 Å². The SMILES string of the molecule is CC1(c2cncc3ccccc23)CCC(O)C1. The Balaban J connectivity index is 2.17. The molecule has 0 aliphatic heterocycles. The number of rotatable bonds is 1. The topological polar surface area (TPSA) is 33.1 Å². The summed E-state index contributed by atoms with van der Waals surface area (Å²) >= 11 is 0. The fourth-order valence-corrected chi connectivity index (χ4v) is 3.05. The van der Waals surface area contributed by atoms with Crippen LogP contribution in [0.25, 0.3) is 10.8 Å². The van der Waals surface area contributed by atoms with Crippen molar-refractivity contribution in [2.45, 2.75) is 37.7 Å². The molecule has 0 amide bonds. The zero-order chi connectivity index (χ0) is 11.9. The summed E-state index contributed by atoms with van der Waals surface area (Å²) in [5.74, 6) is 0. The predicted molar refractivity (Wildman–Crippen MR) is 69.0 cm³/mol. The molecule has 1 aromatic carbocycles. The van der Waals surface area contributed by atoms with E-state index in [0.29, 0.717) is 0 Å². The lowest BCUT2D eigenvalue weighted by molar-refractivity contribution is 0.175. The highest BCUT2D eigenvalue weighted by Crippen LogP contribution is 2.42. The molecule has 2 heteroatoms. The van der Waals surface area contributed by atoms with Crippen molar-refractivity contribution in [3.63, 3.8) is 0 Å². The van der Waals surface area contributed by atoms with Gasteiger partial charge in [-0.05, 0) is 35.6 Å². The average molecular weight is 227 g/mol. The summed E-state index contributed by atoms with van der Waals surface area (Å²) < 4.78 is 0. The molecular formula is C15H17NO. The van der Waals surface area contributed by atoms with Crippen molar-refractivity contribution in [1.82, 2.24) is 4.98 Å². The molecule has 1 aliphatic rings. The van der Waals surface area contributed by atoms with Crippen molar-refractivity contribution >= 4 is 10.8 Å². The maximum Gasteiger partial charge on any atom is 0.0549 e. The van der Waals surface area contributed by atoms with Crippen LogP contribution in [0.2, 0.25) is 0 Å². The van der Waals surface area contributed by atoms with Crippen LogP contribution in [0.1, 0.15) is 31.7 Å². The molecule has 1 aromatic heterocycles. The first-order valence-electron chi connectivity index (χ1n) is 6.20. The summed E-state index contributed by atoms with van der Waals surface area (Å²) in [4.78, 5) is 4.35. The molecule has 0 spiro atoms. The Labute approximate surface area is 101 Å². The molecule has 2 atom stereocenters. The monoisotopic (exact) mass is 227 g/mol. The number of benzene rings is 1. The Morgan fingerprint density at radius 3 is 2.88 bits per heavy atom. The summed E-state index contributed by atoms with van der Waals surface area (Å²) in [7, 11) is 0. The summed E-state index contributed by atoms with van der Waals surface area (Å²) in [6.07, 6.45) is 6.53. The van der Waals surface area contributed by atoms with Gasteiger partial charge in [0, 0.05) is 17.8 Å². The van der Waals surface area contributed by atoms with E-state index in [-0.39, 0.29) is 11.5 Å². The van der Waals surface area contributed by atoms with Crippen LogP contribution in [0.3, 0.4) is 0 Å². The zero-order valence-corrected chi connectivity index (χ0v) is 10.1. The van der Waals surface area contributed by atoms with Crippen LogP contribution in [0.5, 0.6) is 0 Å².